The summed E-state index contributed by atoms with van der Waals surface area (Å²) in [6, 6.07) is 11.1. The van der Waals surface area contributed by atoms with Gasteiger partial charge >= 0.3 is 0 Å². The summed E-state index contributed by atoms with van der Waals surface area (Å²) >= 11 is 0. The van der Waals surface area contributed by atoms with E-state index in [1.165, 1.54) is 0 Å². The summed E-state index contributed by atoms with van der Waals surface area (Å²) < 4.78 is 33.9. The van der Waals surface area contributed by atoms with Gasteiger partial charge in [0, 0.05) is 25.3 Å². The van der Waals surface area contributed by atoms with Gasteiger partial charge in [-0.1, -0.05) is 30.2 Å². The zero-order chi connectivity index (χ0) is 20.4. The maximum Gasteiger partial charge on any atom is 0.243 e. The van der Waals surface area contributed by atoms with Crippen molar-refractivity contribution in [2.24, 2.45) is 0 Å². The number of hydrogen-bond acceptors (Lipinski definition) is 5. The zero-order valence-electron chi connectivity index (χ0n) is 17.2. The Morgan fingerprint density at radius 1 is 0.966 bits per heavy atom. The van der Waals surface area contributed by atoms with E-state index in [9.17, 15) is 8.42 Å². The molecular weight excluding hydrogens is 386 g/mol. The third-order valence-corrected chi connectivity index (χ3v) is 7.81. The molecule has 7 heteroatoms. The van der Waals surface area contributed by atoms with Crippen LogP contribution in [0.1, 0.15) is 42.1 Å². The highest BCUT2D eigenvalue weighted by Gasteiger charge is 2.35. The minimum Gasteiger partial charge on any atom is -0.378 e. The Hall–Kier alpha value is -1.96. The van der Waals surface area contributed by atoms with Crippen LogP contribution in [0.3, 0.4) is 0 Å². The number of morpholine rings is 1. The smallest absolute Gasteiger partial charge is 0.243 e. The standard InChI is InChI=1S/C22H29N3O3S/c1-17-6-8-19(9-7-17)29(26,27)25-12-4-3-5-21(25)20-10-11-22(23-18(20)2)24-13-15-28-16-14-24/h6-11,21H,3-5,12-16H2,1-2H3. The molecule has 0 aliphatic carbocycles. The number of anilines is 1. The van der Waals surface area contributed by atoms with Gasteiger partial charge in [0.05, 0.1) is 24.2 Å². The molecule has 2 aliphatic heterocycles. The average molecular weight is 416 g/mol. The SMILES string of the molecule is Cc1ccc(S(=O)(=O)N2CCCCC2c2ccc(N3CCOCC3)nc2C)cc1. The molecule has 1 aromatic carbocycles. The van der Waals surface area contributed by atoms with Crippen molar-refractivity contribution in [3.8, 4) is 0 Å². The molecule has 0 bridgehead atoms. The Bertz CT molecular complexity index is 954. The van der Waals surface area contributed by atoms with Crippen LogP contribution in [0.15, 0.2) is 41.3 Å². The Morgan fingerprint density at radius 3 is 2.38 bits per heavy atom. The maximum absolute atomic E-state index is 13.4. The van der Waals surface area contributed by atoms with E-state index in [4.69, 9.17) is 9.72 Å². The molecule has 2 fully saturated rings. The molecule has 0 N–H and O–H groups in total. The summed E-state index contributed by atoms with van der Waals surface area (Å²) in [6.45, 7) is 7.61. The molecule has 6 nitrogen and oxygen atoms in total. The number of rotatable bonds is 4. The van der Waals surface area contributed by atoms with Gasteiger partial charge < -0.3 is 9.64 Å². The van der Waals surface area contributed by atoms with Crippen molar-refractivity contribution < 1.29 is 13.2 Å². The first kappa shape index (κ1) is 20.3. The number of ether oxygens (including phenoxy) is 1. The van der Waals surface area contributed by atoms with Crippen molar-refractivity contribution in [2.45, 2.75) is 44.0 Å². The fourth-order valence-corrected chi connectivity index (χ4v) is 5.90. The third kappa shape index (κ3) is 4.17. The average Bonchev–Trinajstić information content (AvgIpc) is 2.75. The van der Waals surface area contributed by atoms with E-state index >= 15 is 0 Å². The van der Waals surface area contributed by atoms with Crippen LogP contribution in [0.25, 0.3) is 0 Å². The number of pyridine rings is 1. The summed E-state index contributed by atoms with van der Waals surface area (Å²) in [7, 11) is -3.54. The van der Waals surface area contributed by atoms with Gasteiger partial charge in [-0.2, -0.15) is 4.31 Å². The fourth-order valence-electron chi connectivity index (χ4n) is 4.23. The van der Waals surface area contributed by atoms with E-state index in [-0.39, 0.29) is 6.04 Å². The molecule has 2 saturated heterocycles. The largest absolute Gasteiger partial charge is 0.378 e. The molecule has 29 heavy (non-hydrogen) atoms. The lowest BCUT2D eigenvalue weighted by molar-refractivity contribution is 0.122. The minimum absolute atomic E-state index is 0.165. The van der Waals surface area contributed by atoms with Gasteiger partial charge in [0.25, 0.3) is 0 Å². The monoisotopic (exact) mass is 415 g/mol. The van der Waals surface area contributed by atoms with E-state index in [2.05, 4.69) is 11.0 Å². The number of aryl methyl sites for hydroxylation is 2. The first-order valence-corrected chi connectivity index (χ1v) is 11.8. The predicted octanol–water partition coefficient (Wildman–Crippen LogP) is 3.45. The van der Waals surface area contributed by atoms with Crippen LogP contribution in [0, 0.1) is 13.8 Å². The highest BCUT2D eigenvalue weighted by molar-refractivity contribution is 7.89. The molecule has 1 aromatic heterocycles. The lowest BCUT2D eigenvalue weighted by atomic mass is 9.96. The second-order valence-electron chi connectivity index (χ2n) is 7.88. The molecule has 0 radical (unpaired) electrons. The molecule has 2 aromatic rings. The van der Waals surface area contributed by atoms with E-state index in [0.29, 0.717) is 24.7 Å². The van der Waals surface area contributed by atoms with E-state index in [1.54, 1.807) is 16.4 Å². The van der Waals surface area contributed by atoms with E-state index in [0.717, 1.165) is 55.0 Å². The molecule has 2 aliphatic rings. The highest BCUT2D eigenvalue weighted by atomic mass is 32.2. The summed E-state index contributed by atoms with van der Waals surface area (Å²) in [4.78, 5) is 7.41. The van der Waals surface area contributed by atoms with Crippen LogP contribution in [0.5, 0.6) is 0 Å². The summed E-state index contributed by atoms with van der Waals surface area (Å²) in [5.74, 6) is 0.943. The van der Waals surface area contributed by atoms with Crippen molar-refractivity contribution >= 4 is 15.8 Å². The molecule has 156 valence electrons. The van der Waals surface area contributed by atoms with Gasteiger partial charge in [0.1, 0.15) is 5.82 Å². The Labute approximate surface area is 173 Å². The summed E-state index contributed by atoms with van der Waals surface area (Å²) in [6.07, 6.45) is 2.74. The third-order valence-electron chi connectivity index (χ3n) is 5.89. The van der Waals surface area contributed by atoms with Gasteiger partial charge in [-0.3, -0.25) is 0 Å². The van der Waals surface area contributed by atoms with Crippen LogP contribution < -0.4 is 4.90 Å². The fraction of sp³-hybridized carbons (Fsp3) is 0.500. The number of piperidine rings is 1. The topological polar surface area (TPSA) is 62.7 Å². The first-order valence-electron chi connectivity index (χ1n) is 10.4. The first-order chi connectivity index (χ1) is 14.0. The van der Waals surface area contributed by atoms with Crippen molar-refractivity contribution in [1.82, 2.24) is 9.29 Å². The van der Waals surface area contributed by atoms with Crippen molar-refractivity contribution in [1.29, 1.82) is 0 Å². The Morgan fingerprint density at radius 2 is 1.69 bits per heavy atom. The molecule has 0 saturated carbocycles. The minimum atomic E-state index is -3.54. The zero-order valence-corrected chi connectivity index (χ0v) is 18.0. The molecule has 1 atom stereocenters. The van der Waals surface area contributed by atoms with Crippen LogP contribution >= 0.6 is 0 Å². The second kappa shape index (κ2) is 8.42. The number of nitrogens with zero attached hydrogens (tertiary/aromatic N) is 3. The van der Waals surface area contributed by atoms with Gasteiger partial charge in [-0.15, -0.1) is 0 Å². The van der Waals surface area contributed by atoms with Crippen LogP contribution in [-0.4, -0.2) is 50.6 Å². The number of sulfonamides is 1. The van der Waals surface area contributed by atoms with Crippen molar-refractivity contribution in [3.05, 3.63) is 53.2 Å². The van der Waals surface area contributed by atoms with Gasteiger partial charge in [-0.05, 0) is 50.5 Å². The van der Waals surface area contributed by atoms with Gasteiger partial charge in [0.15, 0.2) is 0 Å². The van der Waals surface area contributed by atoms with Gasteiger partial charge in [-0.25, -0.2) is 13.4 Å². The van der Waals surface area contributed by atoms with Gasteiger partial charge in [0.2, 0.25) is 10.0 Å². The van der Waals surface area contributed by atoms with Crippen LogP contribution in [0.2, 0.25) is 0 Å². The second-order valence-corrected chi connectivity index (χ2v) is 9.77. The molecule has 4 rings (SSSR count). The molecular formula is C22H29N3O3S. The molecule has 0 spiro atoms. The lowest BCUT2D eigenvalue weighted by Crippen LogP contribution is -2.39. The van der Waals surface area contributed by atoms with Crippen LogP contribution in [-0.2, 0) is 14.8 Å². The quantitative estimate of drug-likeness (QED) is 0.765. The number of aromatic nitrogens is 1. The number of benzene rings is 1. The van der Waals surface area contributed by atoms with Crippen LogP contribution in [0.4, 0.5) is 5.82 Å². The Balaban J connectivity index is 1.64. The molecule has 1 unspecified atom stereocenters. The summed E-state index contributed by atoms with van der Waals surface area (Å²) in [5.41, 5.74) is 2.97. The van der Waals surface area contributed by atoms with E-state index in [1.807, 2.05) is 32.0 Å². The summed E-state index contributed by atoms with van der Waals surface area (Å²) in [5, 5.41) is 0. The highest BCUT2D eigenvalue weighted by Crippen LogP contribution is 2.37. The predicted molar refractivity (Wildman–Crippen MR) is 114 cm³/mol. The molecule has 3 heterocycles. The maximum atomic E-state index is 13.4. The normalized spacial score (nSPS) is 21.3. The van der Waals surface area contributed by atoms with E-state index < -0.39 is 10.0 Å². The lowest BCUT2D eigenvalue weighted by Gasteiger charge is -2.36. The van der Waals surface area contributed by atoms with Crippen molar-refractivity contribution in [2.75, 3.05) is 37.7 Å². The molecule has 0 amide bonds. The Kier molecular flexibility index (Phi) is 5.90. The van der Waals surface area contributed by atoms with Crippen molar-refractivity contribution in [3.63, 3.8) is 0 Å². The number of hydrogen-bond donors (Lipinski definition) is 0.